The molecular weight excluding hydrogens is 330 g/mol. The van der Waals surface area contributed by atoms with Gasteiger partial charge in [-0.05, 0) is 5.56 Å². The van der Waals surface area contributed by atoms with Crippen molar-refractivity contribution < 1.29 is 14.7 Å². The van der Waals surface area contributed by atoms with Crippen LogP contribution in [-0.2, 0) is 34.5 Å². The Bertz CT molecular complexity index is 824. The molecule has 0 unspecified atom stereocenters. The van der Waals surface area contributed by atoms with Crippen molar-refractivity contribution >= 4 is 11.9 Å². The van der Waals surface area contributed by atoms with Gasteiger partial charge in [-0.1, -0.05) is 44.2 Å². The average Bonchev–Trinajstić information content (AvgIpc) is 2.99. The number of benzene rings is 1. The molecule has 1 amide bonds. The number of carboxylic acids is 1. The Morgan fingerprint density at radius 3 is 2.54 bits per heavy atom. The summed E-state index contributed by atoms with van der Waals surface area (Å²) in [6, 6.07) is 10.2. The second kappa shape index (κ2) is 6.94. The topological polar surface area (TPSA) is 75.4 Å². The molecule has 1 aliphatic rings. The van der Waals surface area contributed by atoms with E-state index in [0.717, 1.165) is 22.5 Å². The molecule has 1 aromatic heterocycles. The summed E-state index contributed by atoms with van der Waals surface area (Å²) in [4.78, 5) is 24.7. The van der Waals surface area contributed by atoms with Gasteiger partial charge in [-0.3, -0.25) is 14.3 Å². The maximum absolute atomic E-state index is 11.9. The monoisotopic (exact) mass is 355 g/mol. The van der Waals surface area contributed by atoms with Crippen molar-refractivity contribution in [2.24, 2.45) is 0 Å². The normalized spacial score (nSPS) is 14.2. The van der Waals surface area contributed by atoms with Gasteiger partial charge in [0, 0.05) is 43.1 Å². The van der Waals surface area contributed by atoms with Crippen molar-refractivity contribution in [1.29, 1.82) is 0 Å². The van der Waals surface area contributed by atoms with Crippen molar-refractivity contribution in [3.05, 3.63) is 52.8 Å². The van der Waals surface area contributed by atoms with E-state index in [9.17, 15) is 9.59 Å². The lowest BCUT2D eigenvalue weighted by atomic mass is 9.79. The highest BCUT2D eigenvalue weighted by atomic mass is 16.4. The molecule has 0 radical (unpaired) electrons. The molecule has 26 heavy (non-hydrogen) atoms. The molecule has 3 rings (SSSR count). The summed E-state index contributed by atoms with van der Waals surface area (Å²) in [7, 11) is 0. The number of hydrogen-bond donors (Lipinski definition) is 1. The smallest absolute Gasteiger partial charge is 0.305 e. The minimum absolute atomic E-state index is 0.0374. The number of hydrogen-bond acceptors (Lipinski definition) is 3. The molecule has 0 fully saturated rings. The summed E-state index contributed by atoms with van der Waals surface area (Å²) in [6.45, 7) is 7.36. The summed E-state index contributed by atoms with van der Waals surface area (Å²) < 4.78 is 1.83. The summed E-state index contributed by atoms with van der Waals surface area (Å²) in [5.41, 5.74) is 3.86. The molecule has 6 nitrogen and oxygen atoms in total. The van der Waals surface area contributed by atoms with Gasteiger partial charge in [0.25, 0.3) is 0 Å². The summed E-state index contributed by atoms with van der Waals surface area (Å²) in [6.07, 6.45) is 0.738. The third-order valence-corrected chi connectivity index (χ3v) is 5.20. The van der Waals surface area contributed by atoms with Gasteiger partial charge in [0.2, 0.25) is 5.91 Å². The molecule has 2 heterocycles. The molecule has 0 spiro atoms. The second-order valence-corrected chi connectivity index (χ2v) is 7.32. The molecule has 1 aromatic carbocycles. The maximum Gasteiger partial charge on any atom is 0.305 e. The Labute approximate surface area is 153 Å². The van der Waals surface area contributed by atoms with Crippen LogP contribution >= 0.6 is 0 Å². The van der Waals surface area contributed by atoms with Crippen LogP contribution in [0.15, 0.2) is 30.3 Å². The second-order valence-electron chi connectivity index (χ2n) is 7.32. The van der Waals surface area contributed by atoms with Gasteiger partial charge in [0.15, 0.2) is 0 Å². The number of aromatic nitrogens is 2. The van der Waals surface area contributed by atoms with Crippen molar-refractivity contribution in [3.8, 4) is 0 Å². The number of fused-ring (bicyclic) bond motifs is 1. The first-order valence-corrected chi connectivity index (χ1v) is 8.92. The first kappa shape index (κ1) is 18.2. The quantitative estimate of drug-likeness (QED) is 0.894. The van der Waals surface area contributed by atoms with Gasteiger partial charge in [-0.2, -0.15) is 5.10 Å². The van der Waals surface area contributed by atoms with Crippen LogP contribution in [0.1, 0.15) is 49.7 Å². The number of carbonyl (C=O) groups excluding carboxylic acids is 1. The highest BCUT2D eigenvalue weighted by molar-refractivity contribution is 5.73. The molecule has 0 saturated heterocycles. The molecule has 2 aromatic rings. The number of carbonyl (C=O) groups is 2. The van der Waals surface area contributed by atoms with Gasteiger partial charge in [0.1, 0.15) is 0 Å². The van der Waals surface area contributed by atoms with E-state index in [1.165, 1.54) is 0 Å². The van der Waals surface area contributed by atoms with E-state index in [0.29, 0.717) is 26.1 Å². The SMILES string of the molecule is CC(=O)N1CCc2c(c(C(C)(C)c3ccccc3)nn2CCC(=O)O)C1. The average molecular weight is 355 g/mol. The van der Waals surface area contributed by atoms with E-state index in [2.05, 4.69) is 26.0 Å². The van der Waals surface area contributed by atoms with Gasteiger partial charge < -0.3 is 10.0 Å². The Morgan fingerprint density at radius 2 is 1.92 bits per heavy atom. The fourth-order valence-electron chi connectivity index (χ4n) is 3.64. The number of carboxylic acid groups (broad SMARTS) is 1. The van der Waals surface area contributed by atoms with Crippen molar-refractivity contribution in [2.45, 2.75) is 52.1 Å². The van der Waals surface area contributed by atoms with Crippen molar-refractivity contribution in [3.63, 3.8) is 0 Å². The lowest BCUT2D eigenvalue weighted by molar-refractivity contribution is -0.137. The van der Waals surface area contributed by atoms with Gasteiger partial charge in [-0.25, -0.2) is 0 Å². The zero-order valence-corrected chi connectivity index (χ0v) is 15.5. The molecule has 138 valence electrons. The Hall–Kier alpha value is -2.63. The summed E-state index contributed by atoms with van der Waals surface area (Å²) in [5, 5.41) is 13.9. The van der Waals surface area contributed by atoms with Crippen LogP contribution in [0.5, 0.6) is 0 Å². The van der Waals surface area contributed by atoms with E-state index in [1.807, 2.05) is 27.8 Å². The maximum atomic E-state index is 11.9. The third kappa shape index (κ3) is 3.36. The molecule has 0 aliphatic carbocycles. The molecule has 6 heteroatoms. The van der Waals surface area contributed by atoms with E-state index >= 15 is 0 Å². The van der Waals surface area contributed by atoms with Crippen LogP contribution in [0.4, 0.5) is 0 Å². The van der Waals surface area contributed by atoms with E-state index < -0.39 is 5.97 Å². The Balaban J connectivity index is 2.06. The minimum Gasteiger partial charge on any atom is -0.481 e. The fourth-order valence-corrected chi connectivity index (χ4v) is 3.64. The first-order valence-electron chi connectivity index (χ1n) is 8.92. The third-order valence-electron chi connectivity index (χ3n) is 5.20. The highest BCUT2D eigenvalue weighted by Gasteiger charge is 2.34. The number of rotatable bonds is 5. The molecular formula is C20H25N3O3. The molecule has 0 atom stereocenters. The zero-order chi connectivity index (χ0) is 18.9. The summed E-state index contributed by atoms with van der Waals surface area (Å²) >= 11 is 0. The van der Waals surface area contributed by atoms with Crippen LogP contribution in [0.2, 0.25) is 0 Å². The van der Waals surface area contributed by atoms with Gasteiger partial charge in [-0.15, -0.1) is 0 Å². The molecule has 1 N–H and O–H groups in total. The molecule has 0 bridgehead atoms. The summed E-state index contributed by atoms with van der Waals surface area (Å²) in [5.74, 6) is -0.781. The molecule has 0 saturated carbocycles. The van der Waals surface area contributed by atoms with E-state index in [1.54, 1.807) is 6.92 Å². The Morgan fingerprint density at radius 1 is 1.23 bits per heavy atom. The first-order chi connectivity index (χ1) is 12.3. The highest BCUT2D eigenvalue weighted by Crippen LogP contribution is 2.36. The predicted molar refractivity (Wildman–Crippen MR) is 97.8 cm³/mol. The van der Waals surface area contributed by atoms with Crippen LogP contribution in [-0.4, -0.2) is 38.2 Å². The van der Waals surface area contributed by atoms with E-state index in [4.69, 9.17) is 10.2 Å². The van der Waals surface area contributed by atoms with Crippen molar-refractivity contribution in [1.82, 2.24) is 14.7 Å². The number of aliphatic carboxylic acids is 1. The lowest BCUT2D eigenvalue weighted by Gasteiger charge is -2.30. The zero-order valence-electron chi connectivity index (χ0n) is 15.5. The van der Waals surface area contributed by atoms with Crippen LogP contribution < -0.4 is 0 Å². The number of amides is 1. The van der Waals surface area contributed by atoms with Gasteiger partial charge >= 0.3 is 5.97 Å². The number of aryl methyl sites for hydroxylation is 1. The fraction of sp³-hybridized carbons (Fsp3) is 0.450. The van der Waals surface area contributed by atoms with Crippen LogP contribution in [0, 0.1) is 0 Å². The molecule has 1 aliphatic heterocycles. The van der Waals surface area contributed by atoms with Gasteiger partial charge in [0.05, 0.1) is 18.7 Å². The standard InChI is InChI=1S/C20H25N3O3/c1-14(24)22-11-9-17-16(13-22)19(21-23(17)12-10-18(25)26)20(2,3)15-7-5-4-6-8-15/h4-8H,9-13H2,1-3H3,(H,25,26). The minimum atomic E-state index is -0.834. The largest absolute Gasteiger partial charge is 0.481 e. The van der Waals surface area contributed by atoms with E-state index in [-0.39, 0.29) is 17.7 Å². The van der Waals surface area contributed by atoms with Crippen molar-refractivity contribution in [2.75, 3.05) is 6.54 Å². The lowest BCUT2D eigenvalue weighted by Crippen LogP contribution is -2.35. The Kier molecular flexibility index (Phi) is 4.85. The van der Waals surface area contributed by atoms with Crippen LogP contribution in [0.25, 0.3) is 0 Å². The number of nitrogens with zero attached hydrogens (tertiary/aromatic N) is 3. The predicted octanol–water partition coefficient (Wildman–Crippen LogP) is 2.59. The van der Waals surface area contributed by atoms with Crippen LogP contribution in [0.3, 0.4) is 0 Å².